The molecule has 108 valence electrons. The molecule has 1 heterocycles. The van der Waals surface area contributed by atoms with E-state index in [1.54, 1.807) is 0 Å². The topological polar surface area (TPSA) is 68.8 Å². The van der Waals surface area contributed by atoms with Gasteiger partial charge in [0.2, 0.25) is 5.95 Å². The van der Waals surface area contributed by atoms with E-state index in [4.69, 9.17) is 5.73 Å². The van der Waals surface area contributed by atoms with E-state index in [-0.39, 0.29) is 6.04 Å². The average molecular weight is 273 g/mol. The van der Waals surface area contributed by atoms with Gasteiger partial charge < -0.3 is 11.1 Å². The summed E-state index contributed by atoms with van der Waals surface area (Å²) < 4.78 is 2.05. The van der Waals surface area contributed by atoms with Crippen LogP contribution in [-0.2, 0) is 13.0 Å². The predicted octanol–water partition coefficient (Wildman–Crippen LogP) is 2.36. The number of aryl methyl sites for hydroxylation is 1. The minimum atomic E-state index is -0.0879. The number of nitrogens with one attached hydrogen (secondary N) is 1. The molecule has 0 aliphatic heterocycles. The van der Waals surface area contributed by atoms with Crippen molar-refractivity contribution in [3.05, 3.63) is 41.7 Å². The van der Waals surface area contributed by atoms with Crippen LogP contribution in [-0.4, -0.2) is 21.3 Å². The van der Waals surface area contributed by atoms with Crippen LogP contribution in [0.4, 0.5) is 5.95 Å². The zero-order valence-corrected chi connectivity index (χ0v) is 12.2. The van der Waals surface area contributed by atoms with Gasteiger partial charge in [-0.25, -0.2) is 0 Å². The first-order chi connectivity index (χ1) is 9.76. The van der Waals surface area contributed by atoms with Crippen molar-refractivity contribution < 1.29 is 0 Å². The van der Waals surface area contributed by atoms with Crippen LogP contribution in [0.3, 0.4) is 0 Å². The summed E-state index contributed by atoms with van der Waals surface area (Å²) >= 11 is 0. The van der Waals surface area contributed by atoms with Crippen molar-refractivity contribution in [1.82, 2.24) is 14.8 Å². The quantitative estimate of drug-likeness (QED) is 0.812. The molecule has 0 aliphatic carbocycles. The molecular formula is C15H23N5. The largest absolute Gasteiger partial charge is 0.355 e. The fourth-order valence-electron chi connectivity index (χ4n) is 2.29. The van der Waals surface area contributed by atoms with E-state index in [1.165, 1.54) is 5.56 Å². The summed E-state index contributed by atoms with van der Waals surface area (Å²) in [7, 11) is 0. The Morgan fingerprint density at radius 2 is 1.95 bits per heavy atom. The third kappa shape index (κ3) is 3.36. The van der Waals surface area contributed by atoms with E-state index >= 15 is 0 Å². The van der Waals surface area contributed by atoms with Crippen molar-refractivity contribution in [3.8, 4) is 0 Å². The Bertz CT molecular complexity index is 520. The molecule has 0 amide bonds. The highest BCUT2D eigenvalue weighted by Crippen LogP contribution is 2.18. The molecule has 0 bridgehead atoms. The molecule has 0 unspecified atom stereocenters. The van der Waals surface area contributed by atoms with Crippen LogP contribution in [0.5, 0.6) is 0 Å². The number of rotatable bonds is 7. The Labute approximate surface area is 120 Å². The van der Waals surface area contributed by atoms with Crippen LogP contribution in [0.25, 0.3) is 0 Å². The highest BCUT2D eigenvalue weighted by atomic mass is 15.4. The minimum Gasteiger partial charge on any atom is -0.355 e. The Balaban J connectivity index is 2.03. The summed E-state index contributed by atoms with van der Waals surface area (Å²) in [5.41, 5.74) is 7.58. The second-order valence-corrected chi connectivity index (χ2v) is 4.79. The molecule has 3 N–H and O–H groups in total. The number of aromatic nitrogens is 3. The summed E-state index contributed by atoms with van der Waals surface area (Å²) in [4.78, 5) is 0. The second kappa shape index (κ2) is 7.05. The molecule has 0 saturated carbocycles. The first kappa shape index (κ1) is 14.5. The molecule has 0 radical (unpaired) electrons. The molecule has 0 spiro atoms. The van der Waals surface area contributed by atoms with Crippen molar-refractivity contribution in [1.29, 1.82) is 0 Å². The van der Waals surface area contributed by atoms with Crippen LogP contribution in [0, 0.1) is 0 Å². The molecule has 1 aromatic carbocycles. The van der Waals surface area contributed by atoms with E-state index in [2.05, 4.69) is 51.3 Å². The maximum atomic E-state index is 6.28. The van der Waals surface area contributed by atoms with Crippen LogP contribution >= 0.6 is 0 Å². The van der Waals surface area contributed by atoms with Gasteiger partial charge >= 0.3 is 0 Å². The standard InChI is InChI=1S/C15H23N5/c1-3-17-15-19-18-14(20(15)4-2)13(16)11-10-12-8-6-5-7-9-12/h5-9,13H,3-4,10-11,16H2,1-2H3,(H,17,19)/t13-/m0/s1. The van der Waals surface area contributed by atoms with Crippen LogP contribution in [0.1, 0.15) is 37.7 Å². The van der Waals surface area contributed by atoms with Gasteiger partial charge in [0, 0.05) is 13.1 Å². The zero-order chi connectivity index (χ0) is 14.4. The molecule has 0 saturated heterocycles. The van der Waals surface area contributed by atoms with Gasteiger partial charge in [-0.2, -0.15) is 0 Å². The predicted molar refractivity (Wildman–Crippen MR) is 81.6 cm³/mol. The van der Waals surface area contributed by atoms with E-state index in [0.29, 0.717) is 0 Å². The zero-order valence-electron chi connectivity index (χ0n) is 12.2. The Hall–Kier alpha value is -1.88. The minimum absolute atomic E-state index is 0.0879. The number of benzene rings is 1. The van der Waals surface area contributed by atoms with Crippen molar-refractivity contribution in [3.63, 3.8) is 0 Å². The third-order valence-electron chi connectivity index (χ3n) is 3.35. The summed E-state index contributed by atoms with van der Waals surface area (Å²) in [5, 5.41) is 11.6. The fraction of sp³-hybridized carbons (Fsp3) is 0.467. The summed E-state index contributed by atoms with van der Waals surface area (Å²) in [6.07, 6.45) is 1.82. The lowest BCUT2D eigenvalue weighted by Gasteiger charge is -2.13. The Morgan fingerprint density at radius 1 is 1.20 bits per heavy atom. The van der Waals surface area contributed by atoms with Crippen LogP contribution in [0.15, 0.2) is 30.3 Å². The number of nitrogens with two attached hydrogens (primary N) is 1. The summed E-state index contributed by atoms with van der Waals surface area (Å²) in [5.74, 6) is 1.67. The van der Waals surface area contributed by atoms with Gasteiger partial charge in [0.25, 0.3) is 0 Å². The normalized spacial score (nSPS) is 12.3. The maximum Gasteiger partial charge on any atom is 0.224 e. The number of hydrogen-bond donors (Lipinski definition) is 2. The van der Waals surface area contributed by atoms with Crippen molar-refractivity contribution in [2.45, 2.75) is 39.3 Å². The van der Waals surface area contributed by atoms with Gasteiger partial charge in [0.05, 0.1) is 6.04 Å². The Kier molecular flexibility index (Phi) is 5.12. The molecule has 0 fully saturated rings. The molecule has 1 atom stereocenters. The average Bonchev–Trinajstić information content (AvgIpc) is 2.89. The van der Waals surface area contributed by atoms with Crippen molar-refractivity contribution in [2.75, 3.05) is 11.9 Å². The highest BCUT2D eigenvalue weighted by molar-refractivity contribution is 5.26. The molecular weight excluding hydrogens is 250 g/mol. The number of nitrogens with zero attached hydrogens (tertiary/aromatic N) is 3. The fourth-order valence-corrected chi connectivity index (χ4v) is 2.29. The molecule has 1 aromatic heterocycles. The molecule has 0 aliphatic rings. The molecule has 2 rings (SSSR count). The van der Waals surface area contributed by atoms with Gasteiger partial charge in [0.1, 0.15) is 0 Å². The van der Waals surface area contributed by atoms with E-state index in [1.807, 2.05) is 13.0 Å². The molecule has 20 heavy (non-hydrogen) atoms. The lowest BCUT2D eigenvalue weighted by atomic mass is 10.1. The maximum absolute atomic E-state index is 6.28. The van der Waals surface area contributed by atoms with E-state index < -0.39 is 0 Å². The lowest BCUT2D eigenvalue weighted by molar-refractivity contribution is 0.567. The van der Waals surface area contributed by atoms with Crippen LogP contribution < -0.4 is 11.1 Å². The summed E-state index contributed by atoms with van der Waals surface area (Å²) in [6, 6.07) is 10.3. The molecule has 5 nitrogen and oxygen atoms in total. The smallest absolute Gasteiger partial charge is 0.224 e. The first-order valence-electron chi connectivity index (χ1n) is 7.22. The van der Waals surface area contributed by atoms with Crippen LogP contribution in [0.2, 0.25) is 0 Å². The van der Waals surface area contributed by atoms with Gasteiger partial charge in [-0.15, -0.1) is 10.2 Å². The van der Waals surface area contributed by atoms with Gasteiger partial charge in [-0.05, 0) is 32.3 Å². The first-order valence-corrected chi connectivity index (χ1v) is 7.22. The lowest BCUT2D eigenvalue weighted by Crippen LogP contribution is -2.18. The van der Waals surface area contributed by atoms with E-state index in [0.717, 1.165) is 37.7 Å². The van der Waals surface area contributed by atoms with Crippen molar-refractivity contribution in [2.24, 2.45) is 5.73 Å². The summed E-state index contributed by atoms with van der Waals surface area (Å²) in [6.45, 7) is 5.78. The highest BCUT2D eigenvalue weighted by Gasteiger charge is 2.16. The monoisotopic (exact) mass is 273 g/mol. The van der Waals surface area contributed by atoms with Gasteiger partial charge in [-0.3, -0.25) is 4.57 Å². The molecule has 5 heteroatoms. The Morgan fingerprint density at radius 3 is 2.60 bits per heavy atom. The SMILES string of the molecule is CCNc1nnc([C@@H](N)CCc2ccccc2)n1CC. The molecule has 2 aromatic rings. The van der Waals surface area contributed by atoms with Gasteiger partial charge in [0.15, 0.2) is 5.82 Å². The number of hydrogen-bond acceptors (Lipinski definition) is 4. The number of anilines is 1. The van der Waals surface area contributed by atoms with Gasteiger partial charge in [-0.1, -0.05) is 30.3 Å². The second-order valence-electron chi connectivity index (χ2n) is 4.79. The third-order valence-corrected chi connectivity index (χ3v) is 3.35. The van der Waals surface area contributed by atoms with Crippen molar-refractivity contribution >= 4 is 5.95 Å². The van der Waals surface area contributed by atoms with E-state index in [9.17, 15) is 0 Å².